The van der Waals surface area contributed by atoms with Gasteiger partial charge in [-0.1, -0.05) is 84.4 Å². The molecule has 1 aromatic carbocycles. The number of unbranched alkanes of at least 4 members (excludes halogenated alkanes) is 3. The molecule has 4 nitrogen and oxygen atoms in total. The fraction of sp³-hybridized carbons (Fsp3) is 0.621. The Morgan fingerprint density at radius 3 is 2.36 bits per heavy atom. The molecular formula is C29H46F3N3O. The third-order valence-electron chi connectivity index (χ3n) is 6.61. The first-order valence-electron chi connectivity index (χ1n) is 13.3. The second-order valence-electron chi connectivity index (χ2n) is 9.44. The van der Waals surface area contributed by atoms with Gasteiger partial charge in [-0.3, -0.25) is 4.90 Å². The molecule has 204 valence electrons. The Kier molecular flexibility index (Phi) is 13.3. The number of nitrogens with zero attached hydrogens (tertiary/aromatic N) is 2. The average Bonchev–Trinajstić information content (AvgIpc) is 3.17. The second-order valence-corrected chi connectivity index (χ2v) is 9.44. The van der Waals surface area contributed by atoms with E-state index < -0.39 is 11.7 Å². The molecule has 2 atom stereocenters. The summed E-state index contributed by atoms with van der Waals surface area (Å²) in [5.74, 6) is 1.51. The van der Waals surface area contributed by atoms with Crippen molar-refractivity contribution in [2.45, 2.75) is 99.2 Å². The first kappa shape index (κ1) is 31.7. The van der Waals surface area contributed by atoms with Crippen LogP contribution in [0, 0.1) is 19.8 Å². The summed E-state index contributed by atoms with van der Waals surface area (Å²) in [5, 5.41) is 3.98. The van der Waals surface area contributed by atoms with Crippen molar-refractivity contribution >= 4 is 5.70 Å². The molecule has 0 bridgehead atoms. The molecule has 0 aliphatic carbocycles. The van der Waals surface area contributed by atoms with E-state index in [-0.39, 0.29) is 6.04 Å². The molecule has 7 heteroatoms. The Morgan fingerprint density at radius 1 is 1.14 bits per heavy atom. The Labute approximate surface area is 216 Å². The van der Waals surface area contributed by atoms with Crippen LogP contribution in [-0.4, -0.2) is 23.6 Å². The highest BCUT2D eigenvalue weighted by atomic mass is 19.4. The van der Waals surface area contributed by atoms with Crippen molar-refractivity contribution in [3.8, 4) is 0 Å². The molecule has 0 saturated carbocycles. The first-order valence-corrected chi connectivity index (χ1v) is 13.3. The molecule has 2 N–H and O–H groups in total. The lowest BCUT2D eigenvalue weighted by atomic mass is 9.94. The van der Waals surface area contributed by atoms with Crippen molar-refractivity contribution in [1.82, 2.24) is 10.1 Å². The number of likely N-dealkylation sites (N-methyl/N-ethyl adjacent to an activating group) is 1. The number of alkyl halides is 3. The van der Waals surface area contributed by atoms with E-state index >= 15 is 0 Å². The van der Waals surface area contributed by atoms with E-state index in [2.05, 4.69) is 25.9 Å². The molecule has 0 fully saturated rings. The SMILES string of the molecule is CC.CCCCCCC(C)CC.Cc1cc(C(F)(F)F)ccc1C1c2onc(C)c2C(N)=CCN1C. The van der Waals surface area contributed by atoms with E-state index in [0.29, 0.717) is 29.3 Å². The van der Waals surface area contributed by atoms with Crippen LogP contribution >= 0.6 is 0 Å². The van der Waals surface area contributed by atoms with Gasteiger partial charge in [0, 0.05) is 12.2 Å². The van der Waals surface area contributed by atoms with Crippen molar-refractivity contribution in [2.75, 3.05) is 13.6 Å². The van der Waals surface area contributed by atoms with Crippen molar-refractivity contribution in [2.24, 2.45) is 11.7 Å². The van der Waals surface area contributed by atoms with Crippen LogP contribution in [0.1, 0.15) is 113 Å². The summed E-state index contributed by atoms with van der Waals surface area (Å²) in [6.45, 7) is 14.9. The minimum atomic E-state index is -4.36. The average molecular weight is 510 g/mol. The van der Waals surface area contributed by atoms with Crippen LogP contribution in [-0.2, 0) is 6.18 Å². The summed E-state index contributed by atoms with van der Waals surface area (Å²) in [5.41, 5.74) is 8.69. The predicted molar refractivity (Wildman–Crippen MR) is 144 cm³/mol. The topological polar surface area (TPSA) is 55.3 Å². The van der Waals surface area contributed by atoms with Crippen molar-refractivity contribution in [3.05, 3.63) is 58.0 Å². The minimum Gasteiger partial charge on any atom is -0.398 e. The smallest absolute Gasteiger partial charge is 0.398 e. The van der Waals surface area contributed by atoms with Crippen LogP contribution in [0.15, 0.2) is 28.8 Å². The van der Waals surface area contributed by atoms with E-state index in [1.54, 1.807) is 13.8 Å². The lowest BCUT2D eigenvalue weighted by Gasteiger charge is -2.26. The summed E-state index contributed by atoms with van der Waals surface area (Å²) >= 11 is 0. The number of hydrogen-bond donors (Lipinski definition) is 1. The predicted octanol–water partition coefficient (Wildman–Crippen LogP) is 8.67. The van der Waals surface area contributed by atoms with Crippen LogP contribution in [0.2, 0.25) is 0 Å². The molecule has 0 amide bonds. The summed E-state index contributed by atoms with van der Waals surface area (Å²) in [4.78, 5) is 1.97. The third-order valence-corrected chi connectivity index (χ3v) is 6.61. The molecule has 0 spiro atoms. The van der Waals surface area contributed by atoms with Gasteiger partial charge in [0.1, 0.15) is 0 Å². The van der Waals surface area contributed by atoms with Gasteiger partial charge in [-0.25, -0.2) is 0 Å². The van der Waals surface area contributed by atoms with Gasteiger partial charge < -0.3 is 10.3 Å². The van der Waals surface area contributed by atoms with Gasteiger partial charge in [0.2, 0.25) is 0 Å². The van der Waals surface area contributed by atoms with Gasteiger partial charge in [-0.05, 0) is 56.1 Å². The van der Waals surface area contributed by atoms with E-state index in [1.165, 1.54) is 44.6 Å². The minimum absolute atomic E-state index is 0.346. The Balaban J connectivity index is 0.000000458. The zero-order chi connectivity index (χ0) is 27.5. The lowest BCUT2D eigenvalue weighted by Crippen LogP contribution is -2.25. The molecule has 2 heterocycles. The summed E-state index contributed by atoms with van der Waals surface area (Å²) < 4.78 is 44.2. The molecule has 2 aromatic rings. The molecular weight excluding hydrogens is 463 g/mol. The van der Waals surface area contributed by atoms with Gasteiger partial charge in [0.15, 0.2) is 5.76 Å². The third kappa shape index (κ3) is 8.68. The maximum atomic E-state index is 12.9. The molecule has 1 aliphatic rings. The number of aryl methyl sites for hydroxylation is 2. The number of benzene rings is 1. The van der Waals surface area contributed by atoms with Crippen LogP contribution < -0.4 is 5.73 Å². The molecule has 2 unspecified atom stereocenters. The highest BCUT2D eigenvalue weighted by Crippen LogP contribution is 2.39. The number of aromatic nitrogens is 1. The Morgan fingerprint density at radius 2 is 1.81 bits per heavy atom. The maximum absolute atomic E-state index is 12.9. The molecule has 0 saturated heterocycles. The van der Waals surface area contributed by atoms with Crippen molar-refractivity contribution in [3.63, 3.8) is 0 Å². The molecule has 1 aromatic heterocycles. The first-order chi connectivity index (χ1) is 17.0. The van der Waals surface area contributed by atoms with Crippen LogP contribution in [0.25, 0.3) is 5.70 Å². The maximum Gasteiger partial charge on any atom is 0.416 e. The monoisotopic (exact) mass is 509 g/mol. The molecule has 0 radical (unpaired) electrons. The number of halogens is 3. The highest BCUT2D eigenvalue weighted by Gasteiger charge is 2.34. The number of rotatable bonds is 7. The van der Waals surface area contributed by atoms with Crippen molar-refractivity contribution < 1.29 is 17.7 Å². The van der Waals surface area contributed by atoms with Gasteiger partial charge in [-0.2, -0.15) is 13.2 Å². The van der Waals surface area contributed by atoms with E-state index in [1.807, 2.05) is 31.9 Å². The molecule has 1 aliphatic heterocycles. The Bertz CT molecular complexity index is 950. The highest BCUT2D eigenvalue weighted by molar-refractivity contribution is 5.68. The van der Waals surface area contributed by atoms with Gasteiger partial charge in [-0.15, -0.1) is 0 Å². The quantitative estimate of drug-likeness (QED) is 0.379. The lowest BCUT2D eigenvalue weighted by molar-refractivity contribution is -0.137. The Hall–Kier alpha value is -2.28. The normalized spacial score (nSPS) is 16.5. The van der Waals surface area contributed by atoms with Gasteiger partial charge >= 0.3 is 6.18 Å². The van der Waals surface area contributed by atoms with E-state index in [4.69, 9.17) is 10.3 Å². The number of hydrogen-bond acceptors (Lipinski definition) is 4. The second kappa shape index (κ2) is 15.1. The summed E-state index contributed by atoms with van der Waals surface area (Å²) in [7, 11) is 1.87. The number of nitrogens with two attached hydrogens (primary N) is 1. The van der Waals surface area contributed by atoms with E-state index in [0.717, 1.165) is 29.2 Å². The standard InChI is InChI=1S/C17H18F3N3O.C10H22.C2H6/c1-9-8-11(17(18,19)20)4-5-12(9)15-16-14(10(2)22-24-16)13(21)6-7-23(15)3;1-4-6-7-8-9-10(3)5-2;1-2/h4-6,8,15H,7,21H2,1-3H3;10H,4-9H2,1-3H3;1-2H3. The van der Waals surface area contributed by atoms with Crippen LogP contribution in [0.5, 0.6) is 0 Å². The van der Waals surface area contributed by atoms with Crippen molar-refractivity contribution in [1.29, 1.82) is 0 Å². The molecule has 3 rings (SSSR count). The van der Waals surface area contributed by atoms with Gasteiger partial charge in [0.25, 0.3) is 0 Å². The zero-order valence-electron chi connectivity index (χ0n) is 23.4. The largest absolute Gasteiger partial charge is 0.416 e. The fourth-order valence-corrected chi connectivity index (χ4v) is 4.24. The number of fused-ring (bicyclic) bond motifs is 1. The van der Waals surface area contributed by atoms with Crippen LogP contribution in [0.3, 0.4) is 0 Å². The summed E-state index contributed by atoms with van der Waals surface area (Å²) in [6.07, 6.45) is 5.98. The zero-order valence-corrected chi connectivity index (χ0v) is 23.4. The van der Waals surface area contributed by atoms with E-state index in [9.17, 15) is 13.2 Å². The fourth-order valence-electron chi connectivity index (χ4n) is 4.24. The van der Waals surface area contributed by atoms with Crippen LogP contribution in [0.4, 0.5) is 13.2 Å². The summed E-state index contributed by atoms with van der Waals surface area (Å²) in [6, 6.07) is 3.41. The van der Waals surface area contributed by atoms with Gasteiger partial charge in [0.05, 0.1) is 22.9 Å². The molecule has 36 heavy (non-hydrogen) atoms.